The van der Waals surface area contributed by atoms with Gasteiger partial charge in [-0.05, 0) is 73.0 Å². The van der Waals surface area contributed by atoms with Crippen molar-refractivity contribution in [2.75, 3.05) is 6.54 Å². The highest BCUT2D eigenvalue weighted by Crippen LogP contribution is 2.66. The number of ketones is 2. The van der Waals surface area contributed by atoms with Gasteiger partial charge in [-0.3, -0.25) is 19.2 Å². The van der Waals surface area contributed by atoms with Crippen LogP contribution in [0.1, 0.15) is 99.3 Å². The molecule has 0 aromatic heterocycles. The molecule has 206 valence electrons. The summed E-state index contributed by atoms with van der Waals surface area (Å²) in [6.45, 7) is 12.3. The molecule has 3 saturated carbocycles. The minimum Gasteiger partial charge on any atom is -0.462 e. The lowest BCUT2D eigenvalue weighted by Crippen LogP contribution is -2.51. The average Bonchev–Trinajstić information content (AvgIpc) is 3.10. The fraction of sp³-hybridized carbons (Fsp3) is 0.806. The van der Waals surface area contributed by atoms with E-state index in [1.54, 1.807) is 0 Å². The average molecular weight is 514 g/mol. The van der Waals surface area contributed by atoms with Crippen molar-refractivity contribution in [2.24, 2.45) is 46.3 Å². The number of Topliss-reactive ketones (excluding diaryl/α,β-unsaturated/α-hetero) is 2. The first-order valence-corrected chi connectivity index (χ1v) is 14.5. The van der Waals surface area contributed by atoms with Gasteiger partial charge in [-0.1, -0.05) is 39.3 Å². The van der Waals surface area contributed by atoms with Crippen molar-refractivity contribution in [2.45, 2.75) is 105 Å². The molecule has 4 aliphatic rings. The van der Waals surface area contributed by atoms with E-state index in [0.717, 1.165) is 44.9 Å². The minimum atomic E-state index is -0.253. The predicted molar refractivity (Wildman–Crippen MR) is 142 cm³/mol. The van der Waals surface area contributed by atoms with Crippen molar-refractivity contribution >= 4 is 23.4 Å². The summed E-state index contributed by atoms with van der Waals surface area (Å²) in [4.78, 5) is 49.5. The number of esters is 1. The smallest absolute Gasteiger partial charge is 0.302 e. The molecule has 3 fully saturated rings. The van der Waals surface area contributed by atoms with Crippen LogP contribution in [0.4, 0.5) is 0 Å². The van der Waals surface area contributed by atoms with Crippen LogP contribution in [0.5, 0.6) is 0 Å². The van der Waals surface area contributed by atoms with Gasteiger partial charge in [0, 0.05) is 51.5 Å². The maximum absolute atomic E-state index is 13.5. The molecule has 9 atom stereocenters. The molecule has 0 saturated heterocycles. The molecule has 37 heavy (non-hydrogen) atoms. The normalized spacial score (nSPS) is 38.4. The molecule has 6 heteroatoms. The number of ether oxygens (including phenoxy) is 1. The van der Waals surface area contributed by atoms with Gasteiger partial charge in [-0.2, -0.15) is 0 Å². The highest BCUT2D eigenvalue weighted by molar-refractivity contribution is 5.92. The Balaban J connectivity index is 1.45. The molecule has 0 aromatic rings. The maximum atomic E-state index is 13.5. The summed E-state index contributed by atoms with van der Waals surface area (Å²) >= 11 is 0. The molecule has 6 nitrogen and oxygen atoms in total. The van der Waals surface area contributed by atoms with E-state index in [1.807, 2.05) is 6.92 Å². The lowest BCUT2D eigenvalue weighted by molar-refractivity contribution is -0.148. The van der Waals surface area contributed by atoms with E-state index in [1.165, 1.54) is 19.4 Å². The summed E-state index contributed by atoms with van der Waals surface area (Å²) in [6.07, 6.45) is 10.1. The van der Waals surface area contributed by atoms with Crippen LogP contribution in [0.2, 0.25) is 0 Å². The van der Waals surface area contributed by atoms with Gasteiger partial charge in [0.15, 0.2) is 0 Å². The van der Waals surface area contributed by atoms with Gasteiger partial charge in [0.2, 0.25) is 5.91 Å². The molecule has 4 aliphatic carbocycles. The number of nitrogens with one attached hydrogen (secondary N) is 1. The lowest BCUT2D eigenvalue weighted by atomic mass is 9.47. The minimum absolute atomic E-state index is 0.00695. The number of hydrogen-bond donors (Lipinski definition) is 1. The van der Waals surface area contributed by atoms with Crippen molar-refractivity contribution in [3.63, 3.8) is 0 Å². The van der Waals surface area contributed by atoms with Crippen molar-refractivity contribution in [1.82, 2.24) is 5.32 Å². The Hall–Kier alpha value is -1.98. The summed E-state index contributed by atoms with van der Waals surface area (Å²) < 4.78 is 5.57. The summed E-state index contributed by atoms with van der Waals surface area (Å²) in [5.41, 5.74) is 1.45. The molecule has 1 N–H and O–H groups in total. The van der Waals surface area contributed by atoms with Gasteiger partial charge >= 0.3 is 5.97 Å². The van der Waals surface area contributed by atoms with E-state index in [0.29, 0.717) is 42.9 Å². The third-order valence-electron chi connectivity index (χ3n) is 10.9. The fourth-order valence-corrected chi connectivity index (χ4v) is 8.86. The summed E-state index contributed by atoms with van der Waals surface area (Å²) in [5.74, 6) is 1.40. The van der Waals surface area contributed by atoms with E-state index < -0.39 is 0 Å². The van der Waals surface area contributed by atoms with Crippen LogP contribution < -0.4 is 5.32 Å². The quantitative estimate of drug-likeness (QED) is 0.345. The standard InChI is InChI=1S/C31H47NO5/c1-18(17-32-20(3)33)7-10-27(35)19(2)29-28(36)16-26-24-9-8-22-15-23(37-21(4)34)11-13-30(22,5)25(24)12-14-31(26,29)6/h8,18-19,23-26,29H,7,9-17H2,1-6H3,(H,32,33)/t18-,19-,23+,24+,25-,26+,29-,30+,31+/m1/s1. The van der Waals surface area contributed by atoms with Gasteiger partial charge < -0.3 is 10.1 Å². The third kappa shape index (κ3) is 5.31. The Morgan fingerprint density at radius 2 is 1.81 bits per heavy atom. The number of fused-ring (bicyclic) bond motifs is 5. The number of hydrogen-bond acceptors (Lipinski definition) is 5. The zero-order chi connectivity index (χ0) is 27.1. The highest BCUT2D eigenvalue weighted by atomic mass is 16.5. The Kier molecular flexibility index (Phi) is 8.07. The first-order chi connectivity index (χ1) is 17.4. The molecule has 0 bridgehead atoms. The summed E-state index contributed by atoms with van der Waals surface area (Å²) in [6, 6.07) is 0. The Morgan fingerprint density at radius 3 is 2.49 bits per heavy atom. The van der Waals surface area contributed by atoms with Gasteiger partial charge in [-0.15, -0.1) is 0 Å². The van der Waals surface area contributed by atoms with Gasteiger partial charge in [0.25, 0.3) is 0 Å². The van der Waals surface area contributed by atoms with E-state index in [9.17, 15) is 19.2 Å². The number of carbonyl (C=O) groups excluding carboxylic acids is 4. The van der Waals surface area contributed by atoms with E-state index in [-0.39, 0.29) is 52.3 Å². The molecule has 0 unspecified atom stereocenters. The molecule has 0 aromatic carbocycles. The zero-order valence-corrected chi connectivity index (χ0v) is 23.7. The Bertz CT molecular complexity index is 971. The van der Waals surface area contributed by atoms with Crippen LogP contribution in [0.15, 0.2) is 11.6 Å². The number of amides is 1. The Morgan fingerprint density at radius 1 is 1.08 bits per heavy atom. The lowest BCUT2D eigenvalue weighted by Gasteiger charge is -2.58. The molecule has 0 aliphatic heterocycles. The molecule has 1 amide bonds. The number of carbonyl (C=O) groups is 4. The third-order valence-corrected chi connectivity index (χ3v) is 10.9. The largest absolute Gasteiger partial charge is 0.462 e. The van der Waals surface area contributed by atoms with E-state index >= 15 is 0 Å². The second kappa shape index (κ2) is 10.6. The van der Waals surface area contributed by atoms with Crippen molar-refractivity contribution in [3.8, 4) is 0 Å². The highest BCUT2D eigenvalue weighted by Gasteiger charge is 2.62. The van der Waals surface area contributed by atoms with Gasteiger partial charge in [-0.25, -0.2) is 0 Å². The first-order valence-electron chi connectivity index (χ1n) is 14.5. The Labute approximate surface area is 222 Å². The molecule has 0 spiro atoms. The van der Waals surface area contributed by atoms with Crippen LogP contribution in [0, 0.1) is 46.3 Å². The van der Waals surface area contributed by atoms with E-state index in [2.05, 4.69) is 32.2 Å². The predicted octanol–water partition coefficient (Wildman–Crippen LogP) is 5.43. The monoisotopic (exact) mass is 513 g/mol. The van der Waals surface area contributed by atoms with Gasteiger partial charge in [0.1, 0.15) is 17.7 Å². The number of allylic oxidation sites excluding steroid dienone is 1. The van der Waals surface area contributed by atoms with E-state index in [4.69, 9.17) is 4.74 Å². The maximum Gasteiger partial charge on any atom is 0.302 e. The molecular weight excluding hydrogens is 466 g/mol. The van der Waals surface area contributed by atoms with Crippen molar-refractivity contribution in [1.29, 1.82) is 0 Å². The second-order valence-electron chi connectivity index (χ2n) is 13.3. The molecule has 4 rings (SSSR count). The SMILES string of the molecule is CC(=O)NC[C@H](C)CCC(=O)[C@@H](C)[C@@H]1C(=O)C[C@H]2[C@H]3CC=C4C[C@@H](OC(C)=O)CC[C@]4(C)[C@@H]3CC[C@@]21C. The van der Waals surface area contributed by atoms with Crippen LogP contribution in [0.3, 0.4) is 0 Å². The zero-order valence-electron chi connectivity index (χ0n) is 23.7. The van der Waals surface area contributed by atoms with Crippen LogP contribution >= 0.6 is 0 Å². The van der Waals surface area contributed by atoms with Crippen molar-refractivity contribution in [3.05, 3.63) is 11.6 Å². The fourth-order valence-electron chi connectivity index (χ4n) is 8.86. The second-order valence-corrected chi connectivity index (χ2v) is 13.3. The summed E-state index contributed by atoms with van der Waals surface area (Å²) in [7, 11) is 0. The summed E-state index contributed by atoms with van der Waals surface area (Å²) in [5, 5.41) is 2.83. The topological polar surface area (TPSA) is 89.5 Å². The van der Waals surface area contributed by atoms with Crippen LogP contribution in [0.25, 0.3) is 0 Å². The molecule has 0 heterocycles. The first kappa shape index (κ1) is 28.0. The van der Waals surface area contributed by atoms with Gasteiger partial charge in [0.05, 0.1) is 0 Å². The van der Waals surface area contributed by atoms with Crippen molar-refractivity contribution < 1.29 is 23.9 Å². The van der Waals surface area contributed by atoms with Crippen LogP contribution in [-0.2, 0) is 23.9 Å². The number of rotatable bonds is 8. The molecular formula is C31H47NO5. The van der Waals surface area contributed by atoms with Crippen LogP contribution in [-0.4, -0.2) is 36.1 Å². The molecule has 0 radical (unpaired) electrons.